The molecule has 5 heterocycles. The van der Waals surface area contributed by atoms with Gasteiger partial charge in [0, 0.05) is 45.1 Å². The molecule has 3 N–H and O–H groups in total. The predicted octanol–water partition coefficient (Wildman–Crippen LogP) is 2.26. The van der Waals surface area contributed by atoms with Crippen molar-refractivity contribution in [2.45, 2.75) is 37.4 Å². The molecule has 1 fully saturated rings. The fourth-order valence-electron chi connectivity index (χ4n) is 4.97. The summed E-state index contributed by atoms with van der Waals surface area (Å²) in [4.78, 5) is 33.3. The number of piperidine rings is 1. The number of carbonyl (C=O) groups is 1. The Morgan fingerprint density at radius 3 is 2.69 bits per heavy atom. The largest absolute Gasteiger partial charge is 0.433 e. The van der Waals surface area contributed by atoms with Gasteiger partial charge >= 0.3 is 6.18 Å². The molecular weight excluding hydrogens is 463 g/mol. The molecule has 3 aromatic rings. The number of nitrogens with zero attached hydrogens (tertiary/aromatic N) is 4. The molecular formula is C23H25F3N7O2+. The number of amides is 1. The normalized spacial score (nSPS) is 19.3. The monoisotopic (exact) mass is 488 g/mol. The highest BCUT2D eigenvalue weighted by Gasteiger charge is 2.38. The smallest absolute Gasteiger partial charge is 0.370 e. The van der Waals surface area contributed by atoms with Gasteiger partial charge in [0.05, 0.1) is 28.7 Å². The van der Waals surface area contributed by atoms with Crippen molar-refractivity contribution in [2.24, 2.45) is 0 Å². The summed E-state index contributed by atoms with van der Waals surface area (Å²) in [5.74, 6) is -0.236. The van der Waals surface area contributed by atoms with Crippen LogP contribution in [0.2, 0.25) is 0 Å². The van der Waals surface area contributed by atoms with Crippen LogP contribution in [0.1, 0.15) is 47.1 Å². The lowest BCUT2D eigenvalue weighted by molar-refractivity contribution is -0.559. The maximum atomic E-state index is 13.1. The first-order valence-corrected chi connectivity index (χ1v) is 11.4. The van der Waals surface area contributed by atoms with Gasteiger partial charge in [-0.25, -0.2) is 9.56 Å². The maximum Gasteiger partial charge on any atom is 0.433 e. The first kappa shape index (κ1) is 23.1. The topological polar surface area (TPSA) is 110 Å². The molecule has 5 rings (SSSR count). The van der Waals surface area contributed by atoms with E-state index in [9.17, 15) is 22.8 Å². The molecule has 1 amide bonds. The number of H-pyrrole nitrogens is 2. The third-order valence-corrected chi connectivity index (χ3v) is 6.86. The molecule has 0 bridgehead atoms. The standard InChI is InChI=1S/C23H24F3N7O2/c1-27-21(34)16-3-2-15(11-28-16)32-8-5-14(6-9-32)33-7-4-13(12-33)17-10-18-19(22(35)29-17)20(31-30-18)23(24,25)26/h2-3,7,10-11,13-14H,4-6,8-9,12H2,1H3,(H2-,27,28,29,30,31,34,35)/p+1. The number of nitrogens with one attached hydrogen (secondary N) is 3. The second-order valence-electron chi connectivity index (χ2n) is 8.92. The summed E-state index contributed by atoms with van der Waals surface area (Å²) in [6.45, 7) is 2.37. The fraction of sp³-hybridized carbons (Fsp3) is 0.435. The number of hydrogen-bond donors (Lipinski definition) is 3. The summed E-state index contributed by atoms with van der Waals surface area (Å²) in [6, 6.07) is 5.50. The zero-order valence-corrected chi connectivity index (χ0v) is 19.0. The number of aromatic nitrogens is 4. The fourth-order valence-corrected chi connectivity index (χ4v) is 4.97. The summed E-state index contributed by atoms with van der Waals surface area (Å²) in [5, 5.41) is 7.79. The number of aromatic amines is 2. The highest BCUT2D eigenvalue weighted by Crippen LogP contribution is 2.33. The van der Waals surface area contributed by atoms with Gasteiger partial charge in [-0.05, 0) is 18.2 Å². The van der Waals surface area contributed by atoms with Crippen LogP contribution < -0.4 is 15.8 Å². The van der Waals surface area contributed by atoms with Crippen molar-refractivity contribution in [1.82, 2.24) is 25.5 Å². The number of pyridine rings is 2. The summed E-state index contributed by atoms with van der Waals surface area (Å²) in [6.07, 6.45) is 1.74. The average Bonchev–Trinajstić information content (AvgIpc) is 3.52. The Kier molecular flexibility index (Phi) is 5.81. The molecule has 0 radical (unpaired) electrons. The Morgan fingerprint density at radius 1 is 1.26 bits per heavy atom. The first-order valence-electron chi connectivity index (χ1n) is 11.4. The van der Waals surface area contributed by atoms with E-state index in [0.29, 0.717) is 30.4 Å². The Bertz CT molecular complexity index is 1340. The predicted molar refractivity (Wildman–Crippen MR) is 123 cm³/mol. The number of anilines is 1. The van der Waals surface area contributed by atoms with Crippen molar-refractivity contribution in [2.75, 3.05) is 31.6 Å². The molecule has 3 aromatic heterocycles. The van der Waals surface area contributed by atoms with Crippen LogP contribution in [0.3, 0.4) is 0 Å². The van der Waals surface area contributed by atoms with Crippen LogP contribution >= 0.6 is 0 Å². The van der Waals surface area contributed by atoms with Gasteiger partial charge in [-0.3, -0.25) is 14.7 Å². The second-order valence-corrected chi connectivity index (χ2v) is 8.92. The molecule has 1 unspecified atom stereocenters. The van der Waals surface area contributed by atoms with Gasteiger partial charge in [0.25, 0.3) is 11.5 Å². The molecule has 12 heteroatoms. The third-order valence-electron chi connectivity index (χ3n) is 6.86. The van der Waals surface area contributed by atoms with Gasteiger partial charge in [-0.15, -0.1) is 0 Å². The Labute approximate surface area is 198 Å². The van der Waals surface area contributed by atoms with E-state index in [4.69, 9.17) is 0 Å². The van der Waals surface area contributed by atoms with E-state index >= 15 is 0 Å². The van der Waals surface area contributed by atoms with E-state index in [1.807, 2.05) is 11.2 Å². The molecule has 0 aromatic carbocycles. The number of carbonyl (C=O) groups excluding carboxylic acids is 1. The molecule has 1 saturated heterocycles. The van der Waals surface area contributed by atoms with Crippen molar-refractivity contribution in [3.8, 4) is 0 Å². The maximum absolute atomic E-state index is 13.1. The van der Waals surface area contributed by atoms with Gasteiger partial charge in [0.15, 0.2) is 18.3 Å². The van der Waals surface area contributed by atoms with Crippen LogP contribution in [0, 0.1) is 0 Å². The highest BCUT2D eigenvalue weighted by molar-refractivity contribution is 5.92. The minimum atomic E-state index is -4.67. The number of halogens is 3. The van der Waals surface area contributed by atoms with Gasteiger partial charge < -0.3 is 15.2 Å². The summed E-state index contributed by atoms with van der Waals surface area (Å²) in [5.41, 5.74) is 0.0821. The van der Waals surface area contributed by atoms with E-state index < -0.39 is 22.8 Å². The number of hydrogen-bond acceptors (Lipinski definition) is 5. The van der Waals surface area contributed by atoms with E-state index in [2.05, 4.69) is 36.1 Å². The summed E-state index contributed by atoms with van der Waals surface area (Å²) < 4.78 is 41.7. The van der Waals surface area contributed by atoms with Gasteiger partial charge in [0.2, 0.25) is 0 Å². The van der Waals surface area contributed by atoms with Crippen LogP contribution in [0.4, 0.5) is 18.9 Å². The second kappa shape index (κ2) is 8.82. The van der Waals surface area contributed by atoms with Crippen molar-refractivity contribution in [3.63, 3.8) is 0 Å². The lowest BCUT2D eigenvalue weighted by Gasteiger charge is -2.31. The quantitative estimate of drug-likeness (QED) is 0.488. The zero-order chi connectivity index (χ0) is 24.7. The molecule has 184 valence electrons. The SMILES string of the molecule is CNC(=O)c1ccc(N2CCC([N+]3=CCC(c4cc5n[nH]c(C(F)(F)F)c5c(=O)[nH]4)C3)CC2)cn1. The summed E-state index contributed by atoms with van der Waals surface area (Å²) >= 11 is 0. The number of alkyl halides is 3. The molecule has 2 aliphatic rings. The molecule has 2 aliphatic heterocycles. The Hall–Kier alpha value is -3.70. The zero-order valence-electron chi connectivity index (χ0n) is 19.0. The van der Waals surface area contributed by atoms with Crippen molar-refractivity contribution in [1.29, 1.82) is 0 Å². The molecule has 1 atom stereocenters. The van der Waals surface area contributed by atoms with Crippen molar-refractivity contribution < 1.29 is 22.5 Å². The highest BCUT2D eigenvalue weighted by atomic mass is 19.4. The van der Waals surface area contributed by atoms with E-state index in [1.165, 1.54) is 0 Å². The van der Waals surface area contributed by atoms with E-state index in [-0.39, 0.29) is 17.3 Å². The lowest BCUT2D eigenvalue weighted by Crippen LogP contribution is -2.41. The van der Waals surface area contributed by atoms with E-state index in [0.717, 1.165) is 31.6 Å². The van der Waals surface area contributed by atoms with Crippen LogP contribution in [0.25, 0.3) is 10.9 Å². The lowest BCUT2D eigenvalue weighted by atomic mass is 10.0. The third kappa shape index (κ3) is 4.40. The molecule has 0 spiro atoms. The first-order chi connectivity index (χ1) is 16.7. The average molecular weight is 488 g/mol. The molecule has 35 heavy (non-hydrogen) atoms. The van der Waals surface area contributed by atoms with E-state index in [1.54, 1.807) is 25.4 Å². The van der Waals surface area contributed by atoms with Gasteiger partial charge in [0.1, 0.15) is 11.9 Å². The van der Waals surface area contributed by atoms with Crippen molar-refractivity contribution >= 4 is 28.7 Å². The van der Waals surface area contributed by atoms with Crippen LogP contribution in [-0.2, 0) is 6.18 Å². The van der Waals surface area contributed by atoms with Crippen LogP contribution in [0.5, 0.6) is 0 Å². The van der Waals surface area contributed by atoms with Gasteiger partial charge in [-0.1, -0.05) is 0 Å². The van der Waals surface area contributed by atoms with Crippen LogP contribution in [-0.4, -0.2) is 69.6 Å². The Morgan fingerprint density at radius 2 is 2.03 bits per heavy atom. The number of rotatable bonds is 4. The Balaban J connectivity index is 1.22. The molecule has 0 saturated carbocycles. The number of fused-ring (bicyclic) bond motifs is 1. The molecule has 9 nitrogen and oxygen atoms in total. The minimum absolute atomic E-state index is 0.0161. The molecule has 0 aliphatic carbocycles. The van der Waals surface area contributed by atoms with Crippen LogP contribution in [0.15, 0.2) is 29.2 Å². The summed E-state index contributed by atoms with van der Waals surface area (Å²) in [7, 11) is 1.57. The van der Waals surface area contributed by atoms with Gasteiger partial charge in [-0.2, -0.15) is 18.3 Å². The van der Waals surface area contributed by atoms with Crippen molar-refractivity contribution in [3.05, 3.63) is 51.8 Å². The minimum Gasteiger partial charge on any atom is -0.370 e.